The van der Waals surface area contributed by atoms with Crippen molar-refractivity contribution in [3.05, 3.63) is 29.3 Å². The molecule has 1 heterocycles. The van der Waals surface area contributed by atoms with E-state index in [0.29, 0.717) is 19.7 Å². The Morgan fingerprint density at radius 1 is 1.47 bits per heavy atom. The Morgan fingerprint density at radius 3 is 3.05 bits per heavy atom. The van der Waals surface area contributed by atoms with E-state index in [2.05, 4.69) is 11.4 Å². The maximum atomic E-state index is 12.6. The molecular weight excluding hydrogens is 240 g/mol. The number of amides is 1. The number of fused-ring (bicyclic) bond motifs is 1. The summed E-state index contributed by atoms with van der Waals surface area (Å²) in [6.07, 6.45) is 2.06. The summed E-state index contributed by atoms with van der Waals surface area (Å²) in [5.41, 5.74) is 3.11. The van der Waals surface area contributed by atoms with Crippen LogP contribution >= 0.6 is 0 Å². The van der Waals surface area contributed by atoms with E-state index in [1.54, 1.807) is 7.11 Å². The molecule has 0 saturated carbocycles. The molecule has 1 amide bonds. The summed E-state index contributed by atoms with van der Waals surface area (Å²) in [6.45, 7) is 4.92. The van der Waals surface area contributed by atoms with Crippen molar-refractivity contribution in [2.45, 2.75) is 19.8 Å². The van der Waals surface area contributed by atoms with Crippen LogP contribution in [0.4, 0.5) is 5.69 Å². The van der Waals surface area contributed by atoms with Gasteiger partial charge in [-0.1, -0.05) is 6.07 Å². The van der Waals surface area contributed by atoms with Crippen LogP contribution in [0.2, 0.25) is 0 Å². The Kier molecular flexibility index (Phi) is 4.80. The molecule has 104 valence electrons. The van der Waals surface area contributed by atoms with Crippen LogP contribution in [0.25, 0.3) is 0 Å². The van der Waals surface area contributed by atoms with Gasteiger partial charge in [0.1, 0.15) is 0 Å². The number of benzene rings is 1. The molecule has 0 fully saturated rings. The summed E-state index contributed by atoms with van der Waals surface area (Å²) in [7, 11) is 1.66. The zero-order chi connectivity index (χ0) is 13.7. The molecule has 2 rings (SSSR count). The van der Waals surface area contributed by atoms with Crippen LogP contribution in [0.1, 0.15) is 29.3 Å². The van der Waals surface area contributed by atoms with E-state index in [1.165, 1.54) is 0 Å². The maximum Gasteiger partial charge on any atom is 0.254 e. The van der Waals surface area contributed by atoms with Gasteiger partial charge in [0, 0.05) is 38.0 Å². The number of carbonyl (C=O) groups excluding carboxylic acids is 1. The largest absolute Gasteiger partial charge is 0.385 e. The van der Waals surface area contributed by atoms with Gasteiger partial charge in [-0.2, -0.15) is 0 Å². The van der Waals surface area contributed by atoms with Gasteiger partial charge in [-0.25, -0.2) is 0 Å². The Bertz CT molecular complexity index is 446. The topological polar surface area (TPSA) is 41.6 Å². The van der Waals surface area contributed by atoms with Crippen molar-refractivity contribution in [2.24, 2.45) is 0 Å². The number of nitrogens with one attached hydrogen (secondary N) is 1. The molecule has 0 aromatic heterocycles. The summed E-state index contributed by atoms with van der Waals surface area (Å²) < 4.78 is 5.07. The number of ether oxygens (including phenoxy) is 1. The van der Waals surface area contributed by atoms with Crippen molar-refractivity contribution >= 4 is 11.6 Å². The highest BCUT2D eigenvalue weighted by atomic mass is 16.5. The van der Waals surface area contributed by atoms with Crippen LogP contribution < -0.4 is 5.32 Å². The Balaban J connectivity index is 2.22. The Labute approximate surface area is 114 Å². The van der Waals surface area contributed by atoms with E-state index >= 15 is 0 Å². The van der Waals surface area contributed by atoms with E-state index in [-0.39, 0.29) is 5.91 Å². The van der Waals surface area contributed by atoms with Crippen molar-refractivity contribution < 1.29 is 9.53 Å². The minimum Gasteiger partial charge on any atom is -0.385 e. The highest BCUT2D eigenvalue weighted by Crippen LogP contribution is 2.26. The number of hydrogen-bond acceptors (Lipinski definition) is 3. The summed E-state index contributed by atoms with van der Waals surface area (Å²) in [4.78, 5) is 14.4. The van der Waals surface area contributed by atoms with Gasteiger partial charge >= 0.3 is 0 Å². The SMILES string of the molecule is CCN(CCOC)C(=O)c1cccc2c1CCCN2. The first-order chi connectivity index (χ1) is 9.27. The molecule has 0 spiro atoms. The first-order valence-corrected chi connectivity index (χ1v) is 6.92. The molecule has 0 radical (unpaired) electrons. The Morgan fingerprint density at radius 2 is 2.32 bits per heavy atom. The van der Waals surface area contributed by atoms with Gasteiger partial charge < -0.3 is 15.0 Å². The van der Waals surface area contributed by atoms with Crippen molar-refractivity contribution in [1.82, 2.24) is 4.90 Å². The fraction of sp³-hybridized carbons (Fsp3) is 0.533. The molecule has 0 unspecified atom stereocenters. The lowest BCUT2D eigenvalue weighted by Gasteiger charge is -2.25. The number of rotatable bonds is 5. The molecule has 0 bridgehead atoms. The van der Waals surface area contributed by atoms with Gasteiger partial charge in [-0.05, 0) is 37.5 Å². The number of nitrogens with zero attached hydrogens (tertiary/aromatic N) is 1. The monoisotopic (exact) mass is 262 g/mol. The Hall–Kier alpha value is -1.55. The molecule has 1 N–H and O–H groups in total. The van der Waals surface area contributed by atoms with E-state index < -0.39 is 0 Å². The molecule has 1 aliphatic rings. The first-order valence-electron chi connectivity index (χ1n) is 6.92. The van der Waals surface area contributed by atoms with Gasteiger partial charge in [0.2, 0.25) is 0 Å². The van der Waals surface area contributed by atoms with Crippen LogP contribution in [-0.2, 0) is 11.2 Å². The molecule has 0 aliphatic carbocycles. The van der Waals surface area contributed by atoms with Gasteiger partial charge in [-0.3, -0.25) is 4.79 Å². The van der Waals surface area contributed by atoms with Crippen molar-refractivity contribution in [1.29, 1.82) is 0 Å². The van der Waals surface area contributed by atoms with E-state index in [9.17, 15) is 4.79 Å². The average molecular weight is 262 g/mol. The predicted octanol–water partition coefficient (Wildman–Crippen LogP) is 2.15. The summed E-state index contributed by atoms with van der Waals surface area (Å²) in [5.74, 6) is 0.111. The minimum atomic E-state index is 0.111. The molecule has 1 aromatic rings. The van der Waals surface area contributed by atoms with E-state index in [0.717, 1.165) is 36.2 Å². The second kappa shape index (κ2) is 6.57. The molecule has 4 heteroatoms. The third-order valence-corrected chi connectivity index (χ3v) is 3.56. The van der Waals surface area contributed by atoms with Crippen LogP contribution in [0.5, 0.6) is 0 Å². The fourth-order valence-corrected chi connectivity index (χ4v) is 2.49. The number of likely N-dealkylation sites (N-methyl/N-ethyl adjacent to an activating group) is 1. The molecule has 0 saturated heterocycles. The number of hydrogen-bond donors (Lipinski definition) is 1. The molecule has 4 nitrogen and oxygen atoms in total. The standard InChI is InChI=1S/C15H22N2O2/c1-3-17(10-11-19-2)15(18)13-6-4-8-14-12(13)7-5-9-16-14/h4,6,8,16H,3,5,7,9-11H2,1-2H3. The van der Waals surface area contributed by atoms with Gasteiger partial charge in [0.05, 0.1) is 6.61 Å². The average Bonchev–Trinajstić information content (AvgIpc) is 2.47. The molecule has 1 aliphatic heterocycles. The molecular formula is C15H22N2O2. The van der Waals surface area contributed by atoms with E-state index in [4.69, 9.17) is 4.74 Å². The third-order valence-electron chi connectivity index (χ3n) is 3.56. The predicted molar refractivity (Wildman–Crippen MR) is 76.7 cm³/mol. The van der Waals surface area contributed by atoms with Crippen molar-refractivity contribution in [2.75, 3.05) is 38.7 Å². The zero-order valence-corrected chi connectivity index (χ0v) is 11.7. The van der Waals surface area contributed by atoms with Gasteiger partial charge in [0.15, 0.2) is 0 Å². The zero-order valence-electron chi connectivity index (χ0n) is 11.7. The second-order valence-corrected chi connectivity index (χ2v) is 4.74. The van der Waals surface area contributed by atoms with Crippen molar-refractivity contribution in [3.8, 4) is 0 Å². The third kappa shape index (κ3) is 3.07. The van der Waals surface area contributed by atoms with Gasteiger partial charge in [0.25, 0.3) is 5.91 Å². The van der Waals surface area contributed by atoms with Crippen molar-refractivity contribution in [3.63, 3.8) is 0 Å². The van der Waals surface area contributed by atoms with Crippen LogP contribution in [-0.4, -0.2) is 44.2 Å². The highest BCUT2D eigenvalue weighted by Gasteiger charge is 2.20. The fourth-order valence-electron chi connectivity index (χ4n) is 2.49. The molecule has 19 heavy (non-hydrogen) atoms. The van der Waals surface area contributed by atoms with Gasteiger partial charge in [-0.15, -0.1) is 0 Å². The molecule has 0 atom stereocenters. The highest BCUT2D eigenvalue weighted by molar-refractivity contribution is 5.97. The first kappa shape index (κ1) is 13.9. The number of carbonyl (C=O) groups is 1. The number of anilines is 1. The minimum absolute atomic E-state index is 0.111. The van der Waals surface area contributed by atoms with E-state index in [1.807, 2.05) is 24.0 Å². The quantitative estimate of drug-likeness (QED) is 0.884. The van der Waals surface area contributed by atoms with Crippen LogP contribution in [0.3, 0.4) is 0 Å². The maximum absolute atomic E-state index is 12.6. The second-order valence-electron chi connectivity index (χ2n) is 4.74. The lowest BCUT2D eigenvalue weighted by Crippen LogP contribution is -2.34. The summed E-state index contributed by atoms with van der Waals surface area (Å²) >= 11 is 0. The lowest BCUT2D eigenvalue weighted by molar-refractivity contribution is 0.0705. The van der Waals surface area contributed by atoms with Crippen LogP contribution in [0.15, 0.2) is 18.2 Å². The smallest absolute Gasteiger partial charge is 0.254 e. The summed E-state index contributed by atoms with van der Waals surface area (Å²) in [5, 5.41) is 3.36. The van der Waals surface area contributed by atoms with Crippen LogP contribution in [0, 0.1) is 0 Å². The molecule has 1 aromatic carbocycles. The summed E-state index contributed by atoms with van der Waals surface area (Å²) in [6, 6.07) is 5.94. The normalized spacial score (nSPS) is 13.6. The lowest BCUT2D eigenvalue weighted by atomic mass is 9.97. The number of methoxy groups -OCH3 is 1.